The Morgan fingerprint density at radius 2 is 1.39 bits per heavy atom. The Balaban J connectivity index is 1.50. The summed E-state index contributed by atoms with van der Waals surface area (Å²) in [5.74, 6) is -0.591. The maximum Gasteiger partial charge on any atom is 0.288 e. The molecule has 1 aliphatic rings. The molecule has 2 atom stereocenters. The third-order valence-electron chi connectivity index (χ3n) is 7.75. The first-order valence-electron chi connectivity index (χ1n) is 15.8. The summed E-state index contributed by atoms with van der Waals surface area (Å²) >= 11 is 0. The van der Waals surface area contributed by atoms with Crippen molar-refractivity contribution < 1.29 is 14.6 Å². The Bertz CT molecular complexity index is 1130. The van der Waals surface area contributed by atoms with Gasteiger partial charge in [-0.15, -0.1) is 0 Å². The fourth-order valence-electron chi connectivity index (χ4n) is 5.42. The molecule has 41 heavy (non-hydrogen) atoms. The van der Waals surface area contributed by atoms with Gasteiger partial charge in [-0.25, -0.2) is 9.98 Å². The Hall–Kier alpha value is -2.54. The highest BCUT2D eigenvalue weighted by atomic mass is 16.5. The van der Waals surface area contributed by atoms with Crippen molar-refractivity contribution in [1.29, 1.82) is 0 Å². The Kier molecular flexibility index (Phi) is 14.0. The number of nitrogens with one attached hydrogen (secondary N) is 1. The van der Waals surface area contributed by atoms with E-state index in [1.807, 2.05) is 19.1 Å². The summed E-state index contributed by atoms with van der Waals surface area (Å²) in [5.41, 5.74) is 6.37. The van der Waals surface area contributed by atoms with Gasteiger partial charge in [-0.05, 0) is 45.2 Å². The SMILES string of the molecule is CCCCCCCCCCCCCOCC(O)COC1(c2ccc(C)cc2C)N=CNC(c2ccc(C)cc2C)=N1. The first kappa shape index (κ1) is 33.0. The van der Waals surface area contributed by atoms with Crippen LogP contribution in [-0.2, 0) is 15.3 Å². The van der Waals surface area contributed by atoms with Crippen LogP contribution >= 0.6 is 0 Å². The molecule has 2 unspecified atom stereocenters. The van der Waals surface area contributed by atoms with Crippen LogP contribution in [0.5, 0.6) is 0 Å². The van der Waals surface area contributed by atoms with Crippen molar-refractivity contribution in [1.82, 2.24) is 5.32 Å². The highest BCUT2D eigenvalue weighted by Gasteiger charge is 2.37. The molecule has 0 saturated carbocycles. The number of unbranched alkanes of at least 4 members (excludes halogenated alkanes) is 10. The maximum atomic E-state index is 10.7. The molecule has 6 heteroatoms. The van der Waals surface area contributed by atoms with E-state index in [1.54, 1.807) is 6.34 Å². The van der Waals surface area contributed by atoms with E-state index in [0.29, 0.717) is 12.4 Å². The fourth-order valence-corrected chi connectivity index (χ4v) is 5.42. The minimum Gasteiger partial charge on any atom is -0.388 e. The molecule has 3 rings (SSSR count). The molecule has 0 amide bonds. The molecule has 0 aliphatic carbocycles. The molecular formula is C35H53N3O3. The van der Waals surface area contributed by atoms with Crippen LogP contribution in [0.15, 0.2) is 46.4 Å². The van der Waals surface area contributed by atoms with Crippen molar-refractivity contribution in [2.75, 3.05) is 19.8 Å². The van der Waals surface area contributed by atoms with Crippen molar-refractivity contribution in [2.45, 2.75) is 117 Å². The molecule has 0 aromatic heterocycles. The van der Waals surface area contributed by atoms with Crippen molar-refractivity contribution in [3.8, 4) is 0 Å². The predicted octanol–water partition coefficient (Wildman–Crippen LogP) is 7.81. The van der Waals surface area contributed by atoms with Crippen LogP contribution in [0.2, 0.25) is 0 Å². The molecule has 6 nitrogen and oxygen atoms in total. The van der Waals surface area contributed by atoms with Crippen LogP contribution in [0.4, 0.5) is 0 Å². The van der Waals surface area contributed by atoms with Gasteiger partial charge in [-0.3, -0.25) is 0 Å². The Morgan fingerprint density at radius 3 is 2.02 bits per heavy atom. The lowest BCUT2D eigenvalue weighted by molar-refractivity contribution is -0.0926. The monoisotopic (exact) mass is 563 g/mol. The normalized spacial score (nSPS) is 17.4. The summed E-state index contributed by atoms with van der Waals surface area (Å²) in [6.45, 7) is 11.5. The van der Waals surface area contributed by atoms with Gasteiger partial charge in [0.25, 0.3) is 5.85 Å². The van der Waals surface area contributed by atoms with Crippen LogP contribution in [-0.4, -0.2) is 43.2 Å². The Labute approximate surface area is 248 Å². The van der Waals surface area contributed by atoms with Crippen LogP contribution in [0.25, 0.3) is 0 Å². The van der Waals surface area contributed by atoms with Crippen molar-refractivity contribution >= 4 is 12.2 Å². The summed E-state index contributed by atoms with van der Waals surface area (Å²) in [4.78, 5) is 9.70. The number of amidine groups is 1. The highest BCUT2D eigenvalue weighted by molar-refractivity contribution is 6.06. The molecule has 0 bridgehead atoms. The zero-order valence-electron chi connectivity index (χ0n) is 26.2. The summed E-state index contributed by atoms with van der Waals surface area (Å²) in [5, 5.41) is 13.9. The van der Waals surface area contributed by atoms with E-state index in [-0.39, 0.29) is 13.2 Å². The average Bonchev–Trinajstić information content (AvgIpc) is 2.94. The smallest absolute Gasteiger partial charge is 0.288 e. The second-order valence-corrected chi connectivity index (χ2v) is 11.7. The lowest BCUT2D eigenvalue weighted by atomic mass is 10.0. The number of benzene rings is 2. The van der Waals surface area contributed by atoms with Gasteiger partial charge in [0.2, 0.25) is 0 Å². The lowest BCUT2D eigenvalue weighted by Crippen LogP contribution is -2.40. The average molecular weight is 564 g/mol. The van der Waals surface area contributed by atoms with Crippen LogP contribution in [0.3, 0.4) is 0 Å². The molecule has 0 radical (unpaired) electrons. The quantitative estimate of drug-likeness (QED) is 0.171. The first-order valence-corrected chi connectivity index (χ1v) is 15.8. The largest absolute Gasteiger partial charge is 0.388 e. The van der Waals surface area contributed by atoms with Gasteiger partial charge in [0.05, 0.1) is 19.6 Å². The van der Waals surface area contributed by atoms with Crippen LogP contribution < -0.4 is 5.32 Å². The van der Waals surface area contributed by atoms with Crippen molar-refractivity contribution in [2.24, 2.45) is 9.98 Å². The van der Waals surface area contributed by atoms with E-state index in [2.05, 4.69) is 62.3 Å². The minimum atomic E-state index is -1.29. The third kappa shape index (κ3) is 10.7. The fraction of sp³-hybridized carbons (Fsp3) is 0.600. The standard InChI is InChI=1S/C35H53N3O3/c1-6-7-8-9-10-11-12-13-14-15-16-21-40-24-31(39)25-41-35(33-20-18-28(3)23-30(33)5)37-26-36-34(38-35)32-19-17-27(2)22-29(32)4/h17-20,22-23,26,31,39H,6-16,21,24-25H2,1-5H3,(H,36,37,38). The van der Waals surface area contributed by atoms with E-state index in [1.165, 1.54) is 69.8 Å². The molecule has 1 heterocycles. The molecule has 0 fully saturated rings. The number of aliphatic hydroxyl groups is 1. The number of hydrogen-bond acceptors (Lipinski definition) is 6. The van der Waals surface area contributed by atoms with Gasteiger partial charge in [-0.1, -0.05) is 119 Å². The summed E-state index contributed by atoms with van der Waals surface area (Å²) in [6.07, 6.45) is 15.2. The Morgan fingerprint density at radius 1 is 0.780 bits per heavy atom. The molecular weight excluding hydrogens is 510 g/mol. The molecule has 2 aromatic carbocycles. The number of ether oxygens (including phenoxy) is 2. The van der Waals surface area contributed by atoms with Gasteiger partial charge in [-0.2, -0.15) is 0 Å². The van der Waals surface area contributed by atoms with E-state index < -0.39 is 12.0 Å². The number of rotatable bonds is 19. The molecule has 2 aromatic rings. The van der Waals surface area contributed by atoms with Crippen LogP contribution in [0, 0.1) is 27.7 Å². The lowest BCUT2D eigenvalue weighted by Gasteiger charge is -2.32. The van der Waals surface area contributed by atoms with E-state index in [4.69, 9.17) is 14.5 Å². The zero-order chi connectivity index (χ0) is 29.5. The first-order chi connectivity index (χ1) is 19.8. The zero-order valence-corrected chi connectivity index (χ0v) is 26.2. The topological polar surface area (TPSA) is 75.4 Å². The second kappa shape index (κ2) is 17.4. The van der Waals surface area contributed by atoms with Crippen LogP contribution in [0.1, 0.15) is 111 Å². The summed E-state index contributed by atoms with van der Waals surface area (Å²) in [6, 6.07) is 12.5. The minimum absolute atomic E-state index is 0.0621. The maximum absolute atomic E-state index is 10.7. The molecule has 1 aliphatic heterocycles. The molecule has 0 spiro atoms. The second-order valence-electron chi connectivity index (χ2n) is 11.7. The van der Waals surface area contributed by atoms with Gasteiger partial charge in [0.15, 0.2) is 0 Å². The van der Waals surface area contributed by atoms with E-state index in [0.717, 1.165) is 34.2 Å². The summed E-state index contributed by atoms with van der Waals surface area (Å²) < 4.78 is 12.2. The molecule has 2 N–H and O–H groups in total. The third-order valence-corrected chi connectivity index (χ3v) is 7.75. The van der Waals surface area contributed by atoms with Gasteiger partial charge >= 0.3 is 0 Å². The number of aliphatic imine (C=N–C) groups is 2. The van der Waals surface area contributed by atoms with Gasteiger partial charge < -0.3 is 19.9 Å². The van der Waals surface area contributed by atoms with E-state index in [9.17, 15) is 5.11 Å². The van der Waals surface area contributed by atoms with Gasteiger partial charge in [0, 0.05) is 17.7 Å². The number of aliphatic hydroxyl groups excluding tert-OH is 1. The van der Waals surface area contributed by atoms with Crippen molar-refractivity contribution in [3.05, 3.63) is 69.8 Å². The molecule has 0 saturated heterocycles. The molecule has 226 valence electrons. The van der Waals surface area contributed by atoms with E-state index >= 15 is 0 Å². The predicted molar refractivity (Wildman–Crippen MR) is 171 cm³/mol. The number of aryl methyl sites for hydroxylation is 4. The number of nitrogens with zero attached hydrogens (tertiary/aromatic N) is 2. The van der Waals surface area contributed by atoms with Crippen molar-refractivity contribution in [3.63, 3.8) is 0 Å². The van der Waals surface area contributed by atoms with Gasteiger partial charge in [0.1, 0.15) is 11.9 Å². The highest BCUT2D eigenvalue weighted by Crippen LogP contribution is 2.34. The summed E-state index contributed by atoms with van der Waals surface area (Å²) in [7, 11) is 0. The number of hydrogen-bond donors (Lipinski definition) is 2.